The third-order valence-corrected chi connectivity index (χ3v) is 4.02. The zero-order valence-corrected chi connectivity index (χ0v) is 11.8. The summed E-state index contributed by atoms with van der Waals surface area (Å²) in [6.07, 6.45) is 0. The van der Waals surface area contributed by atoms with Crippen molar-refractivity contribution in [2.45, 2.75) is 0 Å². The Kier molecular flexibility index (Phi) is 4.20. The molecule has 17 heavy (non-hydrogen) atoms. The highest BCUT2D eigenvalue weighted by Crippen LogP contribution is 2.25. The largest absolute Gasteiger partial charge is 0.484 e. The molecule has 2 nitrogen and oxygen atoms in total. The highest BCUT2D eigenvalue weighted by molar-refractivity contribution is 9.11. The molecular formula is C12H8BrClO2S. The Bertz CT molecular complexity index is 539. The first-order chi connectivity index (χ1) is 8.16. The monoisotopic (exact) mass is 330 g/mol. The average molecular weight is 332 g/mol. The topological polar surface area (TPSA) is 26.3 Å². The number of para-hydroxylation sites is 1. The van der Waals surface area contributed by atoms with Crippen molar-refractivity contribution in [3.8, 4) is 5.75 Å². The van der Waals surface area contributed by atoms with Crippen LogP contribution in [0.3, 0.4) is 0 Å². The van der Waals surface area contributed by atoms with Gasteiger partial charge in [-0.3, -0.25) is 4.79 Å². The van der Waals surface area contributed by atoms with Gasteiger partial charge < -0.3 is 4.74 Å². The summed E-state index contributed by atoms with van der Waals surface area (Å²) in [6, 6.07) is 10.7. The van der Waals surface area contributed by atoms with E-state index in [-0.39, 0.29) is 12.4 Å². The van der Waals surface area contributed by atoms with E-state index in [2.05, 4.69) is 15.9 Å². The van der Waals surface area contributed by atoms with E-state index in [1.165, 1.54) is 11.3 Å². The third kappa shape index (κ3) is 3.31. The van der Waals surface area contributed by atoms with Gasteiger partial charge in [0, 0.05) is 0 Å². The minimum Gasteiger partial charge on any atom is -0.484 e. The highest BCUT2D eigenvalue weighted by atomic mass is 79.9. The van der Waals surface area contributed by atoms with Crippen molar-refractivity contribution >= 4 is 44.7 Å². The second kappa shape index (κ2) is 5.67. The molecule has 0 aliphatic carbocycles. The lowest BCUT2D eigenvalue weighted by atomic mass is 10.3. The van der Waals surface area contributed by atoms with Gasteiger partial charge in [-0.2, -0.15) is 0 Å². The van der Waals surface area contributed by atoms with Gasteiger partial charge in [0.25, 0.3) is 0 Å². The van der Waals surface area contributed by atoms with E-state index in [1.807, 2.05) is 18.2 Å². The van der Waals surface area contributed by atoms with Gasteiger partial charge in [-0.15, -0.1) is 11.3 Å². The van der Waals surface area contributed by atoms with Gasteiger partial charge in [0.1, 0.15) is 5.75 Å². The summed E-state index contributed by atoms with van der Waals surface area (Å²) in [5.74, 6) is 0.471. The number of ether oxygens (including phenoxy) is 1. The molecule has 1 aromatic heterocycles. The summed E-state index contributed by atoms with van der Waals surface area (Å²) in [5.41, 5.74) is 0. The summed E-state index contributed by atoms with van der Waals surface area (Å²) in [5, 5.41) is 0.507. The number of hydrogen-bond acceptors (Lipinski definition) is 3. The lowest BCUT2D eigenvalue weighted by Crippen LogP contribution is -2.10. The van der Waals surface area contributed by atoms with Crippen molar-refractivity contribution in [2.24, 2.45) is 0 Å². The quantitative estimate of drug-likeness (QED) is 0.775. The van der Waals surface area contributed by atoms with E-state index in [0.29, 0.717) is 15.6 Å². The zero-order valence-electron chi connectivity index (χ0n) is 8.65. The van der Waals surface area contributed by atoms with Crippen molar-refractivity contribution in [3.63, 3.8) is 0 Å². The van der Waals surface area contributed by atoms with E-state index in [1.54, 1.807) is 18.2 Å². The number of ketones is 1. The Balaban J connectivity index is 1.99. The number of Topliss-reactive ketones (excluding diaryl/α,β-unsaturated/α-hetero) is 1. The summed E-state index contributed by atoms with van der Waals surface area (Å²) >= 11 is 10.6. The molecule has 0 aliphatic rings. The van der Waals surface area contributed by atoms with Gasteiger partial charge >= 0.3 is 0 Å². The van der Waals surface area contributed by atoms with E-state index >= 15 is 0 Å². The Morgan fingerprint density at radius 2 is 2.06 bits per heavy atom. The molecule has 0 radical (unpaired) electrons. The SMILES string of the molecule is O=C(COc1ccccc1Cl)c1ccc(Br)s1. The summed E-state index contributed by atoms with van der Waals surface area (Å²) in [4.78, 5) is 12.4. The van der Waals surface area contributed by atoms with Crippen molar-refractivity contribution in [1.29, 1.82) is 0 Å². The van der Waals surface area contributed by atoms with Gasteiger partial charge in [-0.25, -0.2) is 0 Å². The van der Waals surface area contributed by atoms with Gasteiger partial charge in [-0.1, -0.05) is 23.7 Å². The van der Waals surface area contributed by atoms with Crippen molar-refractivity contribution < 1.29 is 9.53 Å². The van der Waals surface area contributed by atoms with Crippen LogP contribution in [-0.4, -0.2) is 12.4 Å². The summed E-state index contributed by atoms with van der Waals surface area (Å²) in [7, 11) is 0. The van der Waals surface area contributed by atoms with Crippen LogP contribution < -0.4 is 4.74 Å². The molecule has 1 heterocycles. The minimum atomic E-state index is -0.0550. The second-order valence-electron chi connectivity index (χ2n) is 3.25. The molecule has 5 heteroatoms. The maximum absolute atomic E-state index is 11.8. The first-order valence-corrected chi connectivity index (χ1v) is 6.81. The van der Waals surface area contributed by atoms with Crippen LogP contribution >= 0.6 is 38.9 Å². The predicted molar refractivity (Wildman–Crippen MR) is 73.3 cm³/mol. The maximum Gasteiger partial charge on any atom is 0.210 e. The van der Waals surface area contributed by atoms with Crippen LogP contribution in [0.1, 0.15) is 9.67 Å². The average Bonchev–Trinajstić information content (AvgIpc) is 2.74. The molecule has 0 amide bonds. The van der Waals surface area contributed by atoms with E-state index in [0.717, 1.165) is 3.79 Å². The summed E-state index contributed by atoms with van der Waals surface area (Å²) in [6.45, 7) is -0.00329. The number of benzene rings is 1. The lowest BCUT2D eigenvalue weighted by Gasteiger charge is -2.05. The van der Waals surface area contributed by atoms with Crippen LogP contribution in [0.2, 0.25) is 5.02 Å². The highest BCUT2D eigenvalue weighted by Gasteiger charge is 2.10. The lowest BCUT2D eigenvalue weighted by molar-refractivity contribution is 0.0925. The Morgan fingerprint density at radius 3 is 2.71 bits per heavy atom. The smallest absolute Gasteiger partial charge is 0.210 e. The number of carbonyl (C=O) groups is 1. The van der Waals surface area contributed by atoms with Crippen LogP contribution in [0.5, 0.6) is 5.75 Å². The maximum atomic E-state index is 11.8. The van der Waals surface area contributed by atoms with E-state index in [4.69, 9.17) is 16.3 Å². The first-order valence-electron chi connectivity index (χ1n) is 4.82. The van der Waals surface area contributed by atoms with Gasteiger partial charge in [-0.05, 0) is 40.2 Å². The van der Waals surface area contributed by atoms with Crippen LogP contribution in [0.4, 0.5) is 0 Å². The van der Waals surface area contributed by atoms with Crippen LogP contribution in [-0.2, 0) is 0 Å². The first kappa shape index (κ1) is 12.6. The van der Waals surface area contributed by atoms with Crippen molar-refractivity contribution in [1.82, 2.24) is 0 Å². The fraction of sp³-hybridized carbons (Fsp3) is 0.0833. The molecule has 88 valence electrons. The number of rotatable bonds is 4. The van der Waals surface area contributed by atoms with Crippen molar-refractivity contribution in [2.75, 3.05) is 6.61 Å². The molecule has 0 bridgehead atoms. The number of hydrogen-bond donors (Lipinski definition) is 0. The molecule has 2 rings (SSSR count). The molecule has 0 spiro atoms. The van der Waals surface area contributed by atoms with Crippen molar-refractivity contribution in [3.05, 3.63) is 50.1 Å². The van der Waals surface area contributed by atoms with Gasteiger partial charge in [0.15, 0.2) is 6.61 Å². The van der Waals surface area contributed by atoms with Gasteiger partial charge in [0.05, 0.1) is 13.7 Å². The number of halogens is 2. The number of carbonyl (C=O) groups excluding carboxylic acids is 1. The third-order valence-electron chi connectivity index (χ3n) is 2.04. The van der Waals surface area contributed by atoms with Crippen LogP contribution in [0.25, 0.3) is 0 Å². The fourth-order valence-electron chi connectivity index (χ4n) is 1.24. The molecule has 0 fully saturated rings. The molecule has 0 N–H and O–H groups in total. The minimum absolute atomic E-state index is 0.00329. The van der Waals surface area contributed by atoms with E-state index < -0.39 is 0 Å². The molecule has 2 aromatic rings. The number of thiophene rings is 1. The van der Waals surface area contributed by atoms with E-state index in [9.17, 15) is 4.79 Å². The second-order valence-corrected chi connectivity index (χ2v) is 6.12. The predicted octanol–water partition coefficient (Wildman–Crippen LogP) is 4.43. The normalized spacial score (nSPS) is 10.2. The molecule has 0 unspecified atom stereocenters. The molecule has 0 saturated carbocycles. The van der Waals surface area contributed by atoms with Crippen LogP contribution in [0.15, 0.2) is 40.2 Å². The molecule has 0 saturated heterocycles. The summed E-state index contributed by atoms with van der Waals surface area (Å²) < 4.78 is 6.30. The fourth-order valence-corrected chi connectivity index (χ4v) is 2.74. The standard InChI is InChI=1S/C12H8BrClO2S/c13-12-6-5-11(17-12)9(15)7-16-10-4-2-1-3-8(10)14/h1-6H,7H2. The molecule has 1 aromatic carbocycles. The zero-order chi connectivity index (χ0) is 12.3. The Morgan fingerprint density at radius 1 is 1.29 bits per heavy atom. The van der Waals surface area contributed by atoms with Crippen LogP contribution in [0, 0.1) is 0 Å². The van der Waals surface area contributed by atoms with Gasteiger partial charge in [0.2, 0.25) is 5.78 Å². The Labute approximate surface area is 116 Å². The Hall–Kier alpha value is -0.840. The molecule has 0 atom stereocenters. The molecule has 0 aliphatic heterocycles. The molecular weight excluding hydrogens is 324 g/mol.